The molecule has 12 aromatic rings. The molecule has 0 aliphatic rings. The van der Waals surface area contributed by atoms with Crippen molar-refractivity contribution in [2.24, 2.45) is 0 Å². The van der Waals surface area contributed by atoms with Gasteiger partial charge in [0.2, 0.25) is 0 Å². The topological polar surface area (TPSA) is 28.5 Å². The highest BCUT2D eigenvalue weighted by molar-refractivity contribution is 6.23. The predicted molar refractivity (Wildman–Crippen MR) is 268 cm³/mol. The number of nitrogens with zero attached hydrogens (tertiary/aromatic N) is 1. The summed E-state index contributed by atoms with van der Waals surface area (Å²) in [7, 11) is 0. The molecule has 2 aromatic heterocycles. The zero-order valence-corrected chi connectivity index (χ0v) is 34.5. The minimum atomic E-state index is 0.980. The lowest BCUT2D eigenvalue weighted by Gasteiger charge is -2.21. The van der Waals surface area contributed by atoms with Crippen molar-refractivity contribution in [2.75, 3.05) is 10.6 Å². The standard InChI is InChI=1S/C60H41N3/c1-5-18-40(19-6-1)48-27-15-28-49(41-20-7-2-8-21-41)58(48)61-46-36-45(44-34-35-57-55(38-44)54-32-17-31-53-52-26-13-14-33-56(52)63(57)60(53)54)37-47(39-46)62-59-50(42-22-9-3-10-23-42)29-16-30-51(59)43-24-11-4-12-25-43/h1-39,61-62H. The van der Waals surface area contributed by atoms with Crippen LogP contribution in [0.2, 0.25) is 0 Å². The van der Waals surface area contributed by atoms with Crippen molar-refractivity contribution in [1.29, 1.82) is 0 Å². The highest BCUT2D eigenvalue weighted by Gasteiger charge is 2.20. The van der Waals surface area contributed by atoms with Gasteiger partial charge in [-0.15, -0.1) is 0 Å². The molecule has 0 amide bonds. The lowest BCUT2D eigenvalue weighted by molar-refractivity contribution is 1.37. The molecule has 0 spiro atoms. The van der Waals surface area contributed by atoms with Crippen LogP contribution in [0.3, 0.4) is 0 Å². The number of anilines is 4. The van der Waals surface area contributed by atoms with E-state index in [-0.39, 0.29) is 0 Å². The average molecular weight is 804 g/mol. The largest absolute Gasteiger partial charge is 0.354 e. The minimum absolute atomic E-state index is 0.980. The summed E-state index contributed by atoms with van der Waals surface area (Å²) in [5.74, 6) is 0. The van der Waals surface area contributed by atoms with E-state index in [2.05, 4.69) is 252 Å². The number of hydrogen-bond acceptors (Lipinski definition) is 2. The Hall–Kier alpha value is -8.40. The molecule has 0 bridgehead atoms. The molecule has 3 nitrogen and oxygen atoms in total. The normalized spacial score (nSPS) is 11.5. The van der Waals surface area contributed by atoms with Crippen molar-refractivity contribution in [3.63, 3.8) is 0 Å². The first-order valence-electron chi connectivity index (χ1n) is 21.6. The van der Waals surface area contributed by atoms with Crippen LogP contribution in [0, 0.1) is 0 Å². The van der Waals surface area contributed by atoms with E-state index < -0.39 is 0 Å². The van der Waals surface area contributed by atoms with E-state index in [1.807, 2.05) is 0 Å². The Balaban J connectivity index is 1.07. The highest BCUT2D eigenvalue weighted by atomic mass is 14.9. The molecule has 0 saturated carbocycles. The number of para-hydroxylation sites is 4. The highest BCUT2D eigenvalue weighted by Crippen LogP contribution is 2.45. The SMILES string of the molecule is c1ccc(-c2cccc(-c3ccccc3)c2Nc2cc(Nc3c(-c4ccccc4)cccc3-c3ccccc3)cc(-c3ccc4c(c3)c3cccc5c6ccccc6n4c53)c2)cc1. The van der Waals surface area contributed by atoms with Gasteiger partial charge in [-0.2, -0.15) is 0 Å². The molecule has 10 aromatic carbocycles. The molecular formula is C60H41N3. The lowest BCUT2D eigenvalue weighted by atomic mass is 9.95. The average Bonchev–Trinajstić information content (AvgIpc) is 3.87. The van der Waals surface area contributed by atoms with Crippen LogP contribution in [0.1, 0.15) is 0 Å². The van der Waals surface area contributed by atoms with Gasteiger partial charge in [-0.1, -0.05) is 200 Å². The Kier molecular flexibility index (Phi) is 8.83. The fraction of sp³-hybridized carbons (Fsp3) is 0. The number of benzene rings is 10. The summed E-state index contributed by atoms with van der Waals surface area (Å²) in [5, 5.41) is 13.1. The van der Waals surface area contributed by atoms with Crippen LogP contribution in [0.5, 0.6) is 0 Å². The summed E-state index contributed by atoms with van der Waals surface area (Å²) in [6.07, 6.45) is 0. The summed E-state index contributed by atoms with van der Waals surface area (Å²) >= 11 is 0. The van der Waals surface area contributed by atoms with E-state index in [1.54, 1.807) is 0 Å². The molecule has 0 unspecified atom stereocenters. The molecule has 0 fully saturated rings. The second-order valence-electron chi connectivity index (χ2n) is 16.3. The van der Waals surface area contributed by atoms with Gasteiger partial charge in [-0.25, -0.2) is 0 Å². The van der Waals surface area contributed by atoms with Crippen molar-refractivity contribution in [1.82, 2.24) is 4.40 Å². The van der Waals surface area contributed by atoms with E-state index >= 15 is 0 Å². The maximum absolute atomic E-state index is 4.02. The summed E-state index contributed by atoms with van der Waals surface area (Å²) in [6, 6.07) is 85.2. The van der Waals surface area contributed by atoms with Crippen LogP contribution in [0.15, 0.2) is 237 Å². The van der Waals surface area contributed by atoms with Gasteiger partial charge in [0, 0.05) is 55.2 Å². The number of fused-ring (bicyclic) bond motifs is 6. The molecule has 12 rings (SSSR count). The monoisotopic (exact) mass is 803 g/mol. The zero-order chi connectivity index (χ0) is 41.7. The number of nitrogens with one attached hydrogen (secondary N) is 2. The van der Waals surface area contributed by atoms with Crippen LogP contribution < -0.4 is 10.6 Å². The Morgan fingerprint density at radius 3 is 1.14 bits per heavy atom. The van der Waals surface area contributed by atoms with Crippen LogP contribution in [-0.4, -0.2) is 4.40 Å². The second-order valence-corrected chi connectivity index (χ2v) is 16.3. The van der Waals surface area contributed by atoms with Gasteiger partial charge in [0.1, 0.15) is 0 Å². The molecule has 0 saturated heterocycles. The molecule has 63 heavy (non-hydrogen) atoms. The number of rotatable bonds is 9. The van der Waals surface area contributed by atoms with Crippen molar-refractivity contribution in [2.45, 2.75) is 0 Å². The van der Waals surface area contributed by atoms with Crippen LogP contribution in [0.25, 0.3) is 93.7 Å². The fourth-order valence-corrected chi connectivity index (χ4v) is 9.65. The van der Waals surface area contributed by atoms with E-state index in [0.29, 0.717) is 0 Å². The van der Waals surface area contributed by atoms with E-state index in [0.717, 1.165) is 78.4 Å². The zero-order valence-electron chi connectivity index (χ0n) is 34.5. The lowest BCUT2D eigenvalue weighted by Crippen LogP contribution is -2.00. The van der Waals surface area contributed by atoms with Crippen LogP contribution >= 0.6 is 0 Å². The Bertz CT molecular complexity index is 3330. The van der Waals surface area contributed by atoms with Gasteiger partial charge >= 0.3 is 0 Å². The summed E-state index contributed by atoms with van der Waals surface area (Å²) in [6.45, 7) is 0. The number of aromatic nitrogens is 1. The third-order valence-electron chi connectivity index (χ3n) is 12.5. The summed E-state index contributed by atoms with van der Waals surface area (Å²) in [5.41, 5.74) is 19.2. The maximum Gasteiger partial charge on any atom is 0.0620 e. The van der Waals surface area contributed by atoms with Crippen molar-refractivity contribution < 1.29 is 0 Å². The smallest absolute Gasteiger partial charge is 0.0620 e. The Morgan fingerprint density at radius 2 is 0.651 bits per heavy atom. The maximum atomic E-state index is 4.02. The van der Waals surface area contributed by atoms with Gasteiger partial charge < -0.3 is 15.0 Å². The van der Waals surface area contributed by atoms with Gasteiger partial charge in [-0.05, 0) is 69.8 Å². The molecule has 0 radical (unpaired) electrons. The molecule has 2 heterocycles. The van der Waals surface area contributed by atoms with Crippen molar-refractivity contribution >= 4 is 60.8 Å². The van der Waals surface area contributed by atoms with Gasteiger partial charge in [0.15, 0.2) is 0 Å². The van der Waals surface area contributed by atoms with Crippen LogP contribution in [0.4, 0.5) is 22.7 Å². The van der Waals surface area contributed by atoms with Gasteiger partial charge in [0.05, 0.1) is 27.9 Å². The van der Waals surface area contributed by atoms with Crippen molar-refractivity contribution in [3.05, 3.63) is 237 Å². The van der Waals surface area contributed by atoms with Crippen LogP contribution in [-0.2, 0) is 0 Å². The predicted octanol–water partition coefficient (Wildman–Crippen LogP) is 16.7. The molecule has 0 aliphatic heterocycles. The Labute approximate surface area is 366 Å². The first kappa shape index (κ1) is 36.5. The fourth-order valence-electron chi connectivity index (χ4n) is 9.65. The number of hydrogen-bond donors (Lipinski definition) is 2. The minimum Gasteiger partial charge on any atom is -0.354 e. The van der Waals surface area contributed by atoms with Gasteiger partial charge in [-0.3, -0.25) is 0 Å². The first-order chi connectivity index (χ1) is 31.2. The van der Waals surface area contributed by atoms with E-state index in [1.165, 1.54) is 38.1 Å². The van der Waals surface area contributed by atoms with E-state index in [9.17, 15) is 0 Å². The molecule has 0 atom stereocenters. The third kappa shape index (κ3) is 6.38. The molecule has 296 valence electrons. The summed E-state index contributed by atoms with van der Waals surface area (Å²) in [4.78, 5) is 0. The molecule has 3 heteroatoms. The quantitative estimate of drug-likeness (QED) is 0.152. The summed E-state index contributed by atoms with van der Waals surface area (Å²) < 4.78 is 2.45. The van der Waals surface area contributed by atoms with E-state index in [4.69, 9.17) is 0 Å². The first-order valence-corrected chi connectivity index (χ1v) is 21.6. The molecular weight excluding hydrogens is 763 g/mol. The molecule has 0 aliphatic carbocycles. The Morgan fingerprint density at radius 1 is 0.254 bits per heavy atom. The van der Waals surface area contributed by atoms with Gasteiger partial charge in [0.25, 0.3) is 0 Å². The van der Waals surface area contributed by atoms with Crippen molar-refractivity contribution in [3.8, 4) is 55.6 Å². The molecule has 2 N–H and O–H groups in total. The second kappa shape index (κ2) is 15.3. The third-order valence-corrected chi connectivity index (χ3v) is 12.5.